The average Bonchev–Trinajstić information content (AvgIpc) is 2.46. The van der Waals surface area contributed by atoms with E-state index in [-0.39, 0.29) is 0 Å². The molecule has 0 amide bonds. The first-order valence-electron chi connectivity index (χ1n) is 7.14. The van der Waals surface area contributed by atoms with Gasteiger partial charge >= 0.3 is 0 Å². The molecule has 0 aromatic carbocycles. The molecule has 0 heterocycles. The van der Waals surface area contributed by atoms with E-state index in [1.807, 2.05) is 18.2 Å². The summed E-state index contributed by atoms with van der Waals surface area (Å²) in [7, 11) is -1.66. The molecule has 3 heteroatoms. The van der Waals surface area contributed by atoms with Gasteiger partial charge in [0.15, 0.2) is 0 Å². The molecule has 0 saturated heterocycles. The number of rotatable bonds is 7. The van der Waals surface area contributed by atoms with Crippen molar-refractivity contribution < 1.29 is 8.82 Å². The van der Waals surface area contributed by atoms with Gasteiger partial charge in [0.05, 0.1) is 0 Å². The fraction of sp³-hybridized carbons (Fsp3) is 0.500. The van der Waals surface area contributed by atoms with E-state index in [1.165, 1.54) is 0 Å². The van der Waals surface area contributed by atoms with Crippen molar-refractivity contribution in [3.8, 4) is 0 Å². The molecule has 1 atom stereocenters. The Morgan fingerprint density at radius 1 is 1.42 bits per heavy atom. The van der Waals surface area contributed by atoms with Gasteiger partial charge in [-0.25, -0.2) is 4.39 Å². The highest BCUT2D eigenvalue weighted by molar-refractivity contribution is 6.73. The Hall–Kier alpha value is -1.09. The molecule has 0 N–H and O–H groups in total. The summed E-state index contributed by atoms with van der Waals surface area (Å²) in [5, 5.41) is 0. The first-order valence-corrected chi connectivity index (χ1v) is 9.67. The van der Waals surface area contributed by atoms with E-state index in [2.05, 4.69) is 27.4 Å². The summed E-state index contributed by atoms with van der Waals surface area (Å²) in [6.45, 7) is 10.4. The summed E-state index contributed by atoms with van der Waals surface area (Å²) in [6, 6.07) is 3.31. The van der Waals surface area contributed by atoms with Crippen molar-refractivity contribution in [1.29, 1.82) is 0 Å². The molecule has 0 saturated carbocycles. The van der Waals surface area contributed by atoms with Gasteiger partial charge in [-0.05, 0) is 41.9 Å². The summed E-state index contributed by atoms with van der Waals surface area (Å²) in [6.07, 6.45) is 8.65. The molecule has 0 aromatic rings. The van der Waals surface area contributed by atoms with Crippen LogP contribution < -0.4 is 0 Å². The van der Waals surface area contributed by atoms with Crippen LogP contribution in [0.1, 0.15) is 27.2 Å². The summed E-state index contributed by atoms with van der Waals surface area (Å²) < 4.78 is 19.3. The van der Waals surface area contributed by atoms with Crippen molar-refractivity contribution in [2.45, 2.75) is 51.5 Å². The minimum absolute atomic E-state index is 0.449. The zero-order valence-electron chi connectivity index (χ0n) is 12.3. The zero-order valence-corrected chi connectivity index (χ0v) is 13.3. The minimum Gasteiger partial charge on any atom is -0.544 e. The molecule has 0 bridgehead atoms. The van der Waals surface area contributed by atoms with Crippen molar-refractivity contribution in [3.05, 3.63) is 48.3 Å². The molecule has 0 aliphatic heterocycles. The lowest BCUT2D eigenvalue weighted by Crippen LogP contribution is -2.35. The summed E-state index contributed by atoms with van der Waals surface area (Å²) in [4.78, 5) is 0. The third kappa shape index (κ3) is 4.50. The fourth-order valence-corrected chi connectivity index (χ4v) is 4.80. The van der Waals surface area contributed by atoms with Gasteiger partial charge < -0.3 is 4.43 Å². The van der Waals surface area contributed by atoms with Crippen LogP contribution in [0.5, 0.6) is 0 Å². The highest BCUT2D eigenvalue weighted by Gasteiger charge is 2.30. The summed E-state index contributed by atoms with van der Waals surface area (Å²) >= 11 is 0. The zero-order chi connectivity index (χ0) is 14.3. The monoisotopic (exact) mass is 280 g/mol. The maximum absolute atomic E-state index is 13.0. The maximum Gasteiger partial charge on any atom is 0.250 e. The Kier molecular flexibility index (Phi) is 6.29. The van der Waals surface area contributed by atoms with E-state index in [1.54, 1.807) is 12.2 Å². The van der Waals surface area contributed by atoms with Crippen LogP contribution in [0.15, 0.2) is 48.3 Å². The number of hydrogen-bond acceptors (Lipinski definition) is 1. The molecule has 1 nitrogen and oxygen atoms in total. The largest absolute Gasteiger partial charge is 0.544 e. The van der Waals surface area contributed by atoms with Crippen molar-refractivity contribution in [1.82, 2.24) is 0 Å². The summed E-state index contributed by atoms with van der Waals surface area (Å²) in [5.41, 5.74) is 1.01. The molecule has 0 spiro atoms. The molecular weight excluding hydrogens is 255 g/mol. The minimum atomic E-state index is -1.66. The lowest BCUT2D eigenvalue weighted by atomic mass is 10.1. The molecule has 0 radical (unpaired) electrons. The van der Waals surface area contributed by atoms with E-state index in [4.69, 9.17) is 4.43 Å². The predicted molar refractivity (Wildman–Crippen MR) is 83.3 cm³/mol. The Bertz CT molecular complexity index is 383. The Morgan fingerprint density at radius 3 is 2.47 bits per heavy atom. The Morgan fingerprint density at radius 2 is 2.05 bits per heavy atom. The molecular formula is C16H25FOSi. The normalized spacial score (nSPS) is 20.1. The average molecular weight is 280 g/mol. The van der Waals surface area contributed by atoms with E-state index in [9.17, 15) is 4.39 Å². The van der Waals surface area contributed by atoms with Crippen LogP contribution in [0.25, 0.3) is 0 Å². The molecule has 1 aliphatic rings. The van der Waals surface area contributed by atoms with E-state index < -0.39 is 14.5 Å². The Balaban J connectivity index is 2.83. The van der Waals surface area contributed by atoms with Crippen molar-refractivity contribution in [3.63, 3.8) is 0 Å². The van der Waals surface area contributed by atoms with Gasteiger partial charge in [-0.15, -0.1) is 0 Å². The van der Waals surface area contributed by atoms with E-state index in [0.717, 1.165) is 29.5 Å². The van der Waals surface area contributed by atoms with Crippen LogP contribution in [0.4, 0.5) is 4.39 Å². The quantitative estimate of drug-likeness (QED) is 0.349. The molecule has 0 fully saturated rings. The standard InChI is InChI=1S/C16H25FOSi/c1-5-16(18-19(6-2,7-3)8-4)13-14-9-11-15(17)12-10-14/h5,9-11,13,15H,1,6-8,12H2,2-4H3/b16-13-. The topological polar surface area (TPSA) is 9.23 Å². The first kappa shape index (κ1) is 16.0. The molecule has 1 rings (SSSR count). The third-order valence-corrected chi connectivity index (χ3v) is 8.39. The van der Waals surface area contributed by atoms with Crippen LogP contribution in [0.2, 0.25) is 18.1 Å². The van der Waals surface area contributed by atoms with Gasteiger partial charge in [0.1, 0.15) is 11.9 Å². The highest BCUT2D eigenvalue weighted by Crippen LogP contribution is 2.26. The predicted octanol–water partition coefficient (Wildman–Crippen LogP) is 5.30. The molecule has 1 unspecified atom stereocenters. The lowest BCUT2D eigenvalue weighted by Gasteiger charge is -2.29. The van der Waals surface area contributed by atoms with Gasteiger partial charge in [0, 0.05) is 6.42 Å². The van der Waals surface area contributed by atoms with E-state index >= 15 is 0 Å². The Labute approximate surface area is 117 Å². The van der Waals surface area contributed by atoms with Crippen LogP contribution in [-0.2, 0) is 4.43 Å². The maximum atomic E-state index is 13.0. The summed E-state index contributed by atoms with van der Waals surface area (Å²) in [5.74, 6) is 0.824. The molecule has 1 aliphatic carbocycles. The molecule has 19 heavy (non-hydrogen) atoms. The van der Waals surface area contributed by atoms with Crippen molar-refractivity contribution in [2.75, 3.05) is 0 Å². The number of hydrogen-bond donors (Lipinski definition) is 0. The van der Waals surface area contributed by atoms with Gasteiger partial charge in [-0.2, -0.15) is 0 Å². The molecule has 0 aromatic heterocycles. The third-order valence-electron chi connectivity index (χ3n) is 3.85. The smallest absolute Gasteiger partial charge is 0.250 e. The van der Waals surface area contributed by atoms with Crippen LogP contribution >= 0.6 is 0 Å². The number of halogens is 1. The van der Waals surface area contributed by atoms with Crippen molar-refractivity contribution >= 4 is 8.32 Å². The second-order valence-electron chi connectivity index (χ2n) is 4.91. The first-order chi connectivity index (χ1) is 9.09. The van der Waals surface area contributed by atoms with Crippen molar-refractivity contribution in [2.24, 2.45) is 0 Å². The van der Waals surface area contributed by atoms with Crippen LogP contribution in [0.3, 0.4) is 0 Å². The molecule has 106 valence electrons. The van der Waals surface area contributed by atoms with Gasteiger partial charge in [0.2, 0.25) is 8.32 Å². The van der Waals surface area contributed by atoms with Crippen LogP contribution in [0, 0.1) is 0 Å². The van der Waals surface area contributed by atoms with Gasteiger partial charge in [0.25, 0.3) is 0 Å². The van der Waals surface area contributed by atoms with Gasteiger partial charge in [-0.3, -0.25) is 0 Å². The fourth-order valence-electron chi connectivity index (χ4n) is 2.23. The SMILES string of the molecule is C=C/C(=C/C1=CCC(F)C=C1)O[Si](CC)(CC)CC. The second-order valence-corrected chi connectivity index (χ2v) is 9.60. The number of alkyl halides is 1. The highest BCUT2D eigenvalue weighted by atomic mass is 28.4. The van der Waals surface area contributed by atoms with Crippen LogP contribution in [-0.4, -0.2) is 14.5 Å². The van der Waals surface area contributed by atoms with E-state index in [0.29, 0.717) is 6.42 Å². The van der Waals surface area contributed by atoms with Gasteiger partial charge in [-0.1, -0.05) is 39.5 Å². The lowest BCUT2D eigenvalue weighted by molar-refractivity contribution is 0.400. The number of allylic oxidation sites excluding steroid dienone is 6. The second kappa shape index (κ2) is 7.48.